The molecule has 0 spiro atoms. The lowest BCUT2D eigenvalue weighted by Gasteiger charge is -2.16. The van der Waals surface area contributed by atoms with Crippen LogP contribution in [-0.2, 0) is 16.1 Å². The van der Waals surface area contributed by atoms with Gasteiger partial charge >= 0.3 is 5.97 Å². The third kappa shape index (κ3) is 4.21. The highest BCUT2D eigenvalue weighted by Gasteiger charge is 2.35. The van der Waals surface area contributed by atoms with Gasteiger partial charge in [0.05, 0.1) is 0 Å². The zero-order valence-electron chi connectivity index (χ0n) is 12.3. The van der Waals surface area contributed by atoms with Gasteiger partial charge in [-0.05, 0) is 30.4 Å². The lowest BCUT2D eigenvalue weighted by atomic mass is 9.89. The highest BCUT2D eigenvalue weighted by atomic mass is 35.5. The minimum absolute atomic E-state index is 0. The molecule has 0 bridgehead atoms. The van der Waals surface area contributed by atoms with Crippen LogP contribution >= 0.6 is 12.4 Å². The Balaban J connectivity index is 0.00000161. The van der Waals surface area contributed by atoms with Gasteiger partial charge in [0.2, 0.25) is 0 Å². The molecule has 3 rings (SSSR count). The van der Waals surface area contributed by atoms with Crippen molar-refractivity contribution < 1.29 is 9.53 Å². The number of rotatable bonds is 4. The van der Waals surface area contributed by atoms with Crippen molar-refractivity contribution in [3.05, 3.63) is 35.9 Å². The first-order valence-corrected chi connectivity index (χ1v) is 7.77. The Kier molecular flexibility index (Phi) is 6.07. The van der Waals surface area contributed by atoms with Crippen LogP contribution in [-0.4, -0.2) is 18.6 Å². The molecule has 1 unspecified atom stereocenters. The molecule has 0 radical (unpaired) electrons. The molecule has 1 aliphatic heterocycles. The summed E-state index contributed by atoms with van der Waals surface area (Å²) in [6, 6.07) is 9.77. The van der Waals surface area contributed by atoms with Gasteiger partial charge in [-0.2, -0.15) is 0 Å². The summed E-state index contributed by atoms with van der Waals surface area (Å²) in [5.74, 6) is 1.41. The molecule has 1 aromatic rings. The Morgan fingerprint density at radius 1 is 1.14 bits per heavy atom. The second-order valence-electron chi connectivity index (χ2n) is 6.09. The Hall–Kier alpha value is -1.06. The Bertz CT molecular complexity index is 445. The largest absolute Gasteiger partial charge is 0.460 e. The van der Waals surface area contributed by atoms with Crippen LogP contribution in [0.5, 0.6) is 0 Å². The Morgan fingerprint density at radius 3 is 2.57 bits per heavy atom. The second kappa shape index (κ2) is 7.81. The summed E-state index contributed by atoms with van der Waals surface area (Å²) in [7, 11) is 0. The van der Waals surface area contributed by atoms with E-state index in [0.717, 1.165) is 24.4 Å². The number of carbonyl (C=O) groups is 1. The van der Waals surface area contributed by atoms with Gasteiger partial charge in [-0.25, -0.2) is 0 Å². The average Bonchev–Trinajstić information content (AvgIpc) is 3.16. The van der Waals surface area contributed by atoms with Gasteiger partial charge in [-0.1, -0.05) is 56.0 Å². The third-order valence-corrected chi connectivity index (χ3v) is 4.74. The highest BCUT2D eigenvalue weighted by molar-refractivity contribution is 5.85. The highest BCUT2D eigenvalue weighted by Crippen LogP contribution is 2.35. The van der Waals surface area contributed by atoms with Crippen LogP contribution in [0.4, 0.5) is 0 Å². The lowest BCUT2D eigenvalue weighted by Crippen LogP contribution is -2.32. The van der Waals surface area contributed by atoms with Crippen LogP contribution in [0.2, 0.25) is 0 Å². The van der Waals surface area contributed by atoms with Crippen LogP contribution in [0.3, 0.4) is 0 Å². The number of ether oxygens (including phenoxy) is 1. The van der Waals surface area contributed by atoms with E-state index in [1.54, 1.807) is 0 Å². The summed E-state index contributed by atoms with van der Waals surface area (Å²) in [6.45, 7) is 1.36. The molecule has 3 nitrogen and oxygen atoms in total. The zero-order chi connectivity index (χ0) is 13.8. The predicted molar refractivity (Wildman–Crippen MR) is 85.3 cm³/mol. The van der Waals surface area contributed by atoms with Crippen LogP contribution in [0.1, 0.15) is 37.7 Å². The third-order valence-electron chi connectivity index (χ3n) is 4.74. The van der Waals surface area contributed by atoms with E-state index in [-0.39, 0.29) is 24.4 Å². The molecule has 1 aromatic carbocycles. The number of hydrogen-bond donors (Lipinski definition) is 1. The summed E-state index contributed by atoms with van der Waals surface area (Å²) < 4.78 is 5.42. The zero-order valence-corrected chi connectivity index (χ0v) is 13.1. The van der Waals surface area contributed by atoms with Crippen molar-refractivity contribution in [3.8, 4) is 0 Å². The van der Waals surface area contributed by atoms with Crippen LogP contribution < -0.4 is 5.32 Å². The molecule has 1 saturated heterocycles. The molecular weight excluding hydrogens is 286 g/mol. The van der Waals surface area contributed by atoms with Crippen molar-refractivity contribution in [2.24, 2.45) is 11.8 Å². The first kappa shape index (κ1) is 16.3. The molecular formula is C17H24ClNO2. The fourth-order valence-electron chi connectivity index (χ4n) is 3.56. The molecule has 21 heavy (non-hydrogen) atoms. The van der Waals surface area contributed by atoms with Crippen molar-refractivity contribution in [1.82, 2.24) is 5.32 Å². The smallest absolute Gasteiger partial charge is 0.323 e. The molecule has 1 aliphatic carbocycles. The number of carbonyl (C=O) groups excluding carboxylic acids is 1. The second-order valence-corrected chi connectivity index (χ2v) is 6.09. The predicted octanol–water partition coefficient (Wildman–Crippen LogP) is 3.32. The topological polar surface area (TPSA) is 38.3 Å². The van der Waals surface area contributed by atoms with Crippen LogP contribution in [0.15, 0.2) is 30.3 Å². The quantitative estimate of drug-likeness (QED) is 0.867. The molecule has 0 aromatic heterocycles. The van der Waals surface area contributed by atoms with Crippen molar-refractivity contribution >= 4 is 18.4 Å². The maximum absolute atomic E-state index is 12.1. The molecule has 4 heteroatoms. The summed E-state index contributed by atoms with van der Waals surface area (Å²) in [5, 5.41) is 3.35. The van der Waals surface area contributed by atoms with E-state index in [2.05, 4.69) is 5.32 Å². The van der Waals surface area contributed by atoms with Gasteiger partial charge in [0.1, 0.15) is 12.6 Å². The Morgan fingerprint density at radius 2 is 1.86 bits per heavy atom. The summed E-state index contributed by atoms with van der Waals surface area (Å²) in [6.07, 6.45) is 6.38. The van der Waals surface area contributed by atoms with Crippen LogP contribution in [0.25, 0.3) is 0 Å². The van der Waals surface area contributed by atoms with Gasteiger partial charge < -0.3 is 10.1 Å². The fraction of sp³-hybridized carbons (Fsp3) is 0.588. The number of benzene rings is 1. The van der Waals surface area contributed by atoms with Crippen molar-refractivity contribution in [1.29, 1.82) is 0 Å². The van der Waals surface area contributed by atoms with Crippen LogP contribution in [0, 0.1) is 11.8 Å². The van der Waals surface area contributed by atoms with E-state index in [1.165, 1.54) is 25.7 Å². The molecule has 2 fully saturated rings. The van der Waals surface area contributed by atoms with E-state index in [1.807, 2.05) is 30.3 Å². The molecule has 2 aliphatic rings. The maximum Gasteiger partial charge on any atom is 0.323 e. The molecule has 1 N–H and O–H groups in total. The molecule has 2 atom stereocenters. The lowest BCUT2D eigenvalue weighted by molar-refractivity contribution is -0.147. The van der Waals surface area contributed by atoms with Gasteiger partial charge in [0, 0.05) is 0 Å². The SMILES string of the molecule is Cl.O=C(OCc1ccccc1)[C@@H]1CC(C2CCCC2)CN1. The summed E-state index contributed by atoms with van der Waals surface area (Å²) in [5.41, 5.74) is 1.05. The number of nitrogens with one attached hydrogen (secondary N) is 1. The molecule has 1 saturated carbocycles. The number of hydrogen-bond acceptors (Lipinski definition) is 3. The number of esters is 1. The van der Waals surface area contributed by atoms with Gasteiger partial charge in [0.25, 0.3) is 0 Å². The molecule has 116 valence electrons. The average molecular weight is 310 g/mol. The van der Waals surface area contributed by atoms with Gasteiger partial charge in [-0.3, -0.25) is 4.79 Å². The first-order valence-electron chi connectivity index (χ1n) is 7.77. The number of halogens is 1. The summed E-state index contributed by atoms with van der Waals surface area (Å²) in [4.78, 5) is 12.1. The van der Waals surface area contributed by atoms with Gasteiger partial charge in [-0.15, -0.1) is 12.4 Å². The maximum atomic E-state index is 12.1. The minimum Gasteiger partial charge on any atom is -0.460 e. The van der Waals surface area contributed by atoms with Gasteiger partial charge in [0.15, 0.2) is 0 Å². The monoisotopic (exact) mass is 309 g/mol. The van der Waals surface area contributed by atoms with E-state index in [9.17, 15) is 4.79 Å². The summed E-state index contributed by atoms with van der Waals surface area (Å²) >= 11 is 0. The van der Waals surface area contributed by atoms with Crippen molar-refractivity contribution in [2.75, 3.05) is 6.54 Å². The molecule has 0 amide bonds. The van der Waals surface area contributed by atoms with E-state index >= 15 is 0 Å². The van der Waals surface area contributed by atoms with E-state index in [4.69, 9.17) is 4.74 Å². The fourth-order valence-corrected chi connectivity index (χ4v) is 3.56. The Labute approximate surface area is 132 Å². The minimum atomic E-state index is -0.0932. The normalized spacial score (nSPS) is 25.5. The van der Waals surface area contributed by atoms with E-state index in [0.29, 0.717) is 12.5 Å². The molecule has 1 heterocycles. The standard InChI is InChI=1S/C17H23NO2.ClH/c19-17(20-12-13-6-2-1-3-7-13)16-10-15(11-18-16)14-8-4-5-9-14;/h1-3,6-7,14-16,18H,4-5,8-12H2;1H/t15?,16-;/m0./s1. The van der Waals surface area contributed by atoms with E-state index < -0.39 is 0 Å². The van der Waals surface area contributed by atoms with Crippen molar-refractivity contribution in [2.45, 2.75) is 44.8 Å². The van der Waals surface area contributed by atoms with Crippen molar-refractivity contribution in [3.63, 3.8) is 0 Å². The first-order chi connectivity index (χ1) is 9.83.